The summed E-state index contributed by atoms with van der Waals surface area (Å²) in [6.45, 7) is 5.36. The molecule has 18 heavy (non-hydrogen) atoms. The smallest absolute Gasteiger partial charge is 0.304 e. The van der Waals surface area contributed by atoms with Crippen LogP contribution >= 0.6 is 0 Å². The Morgan fingerprint density at radius 3 is 2.72 bits per heavy atom. The van der Waals surface area contributed by atoms with Crippen LogP contribution in [0.25, 0.3) is 0 Å². The van der Waals surface area contributed by atoms with Crippen LogP contribution in [0.2, 0.25) is 0 Å². The molecule has 0 spiro atoms. The summed E-state index contributed by atoms with van der Waals surface area (Å²) in [6.07, 6.45) is 0.131. The fraction of sp³-hybridized carbons (Fsp3) is 0.500. The molecule has 0 atom stereocenters. The molecule has 1 aromatic carbocycles. The normalized spacial score (nSPS) is 10.7. The molecule has 0 aliphatic heterocycles. The summed E-state index contributed by atoms with van der Waals surface area (Å²) in [5.74, 6) is 0.529. The quantitative estimate of drug-likeness (QED) is 0.730. The summed E-state index contributed by atoms with van der Waals surface area (Å²) in [7, 11) is 1.65. The first-order chi connectivity index (χ1) is 8.54. The van der Waals surface area contributed by atoms with E-state index in [9.17, 15) is 4.79 Å². The van der Waals surface area contributed by atoms with Gasteiger partial charge in [-0.1, -0.05) is 26.0 Å². The molecule has 0 saturated carbocycles. The van der Waals surface area contributed by atoms with Crippen LogP contribution in [0.15, 0.2) is 18.2 Å². The van der Waals surface area contributed by atoms with Crippen LogP contribution in [-0.4, -0.2) is 24.7 Å². The largest absolute Gasteiger partial charge is 0.496 e. The average molecular weight is 251 g/mol. The van der Waals surface area contributed by atoms with Crippen molar-refractivity contribution in [2.75, 3.05) is 13.7 Å². The van der Waals surface area contributed by atoms with Crippen molar-refractivity contribution in [2.45, 2.75) is 32.7 Å². The van der Waals surface area contributed by atoms with E-state index >= 15 is 0 Å². The molecule has 0 amide bonds. The highest BCUT2D eigenvalue weighted by molar-refractivity contribution is 5.66. The van der Waals surface area contributed by atoms with E-state index in [0.717, 1.165) is 11.3 Å². The van der Waals surface area contributed by atoms with Crippen LogP contribution < -0.4 is 10.1 Å². The standard InChI is InChI=1S/C14H21NO3/c1-10(2)11-4-5-12(13(8-11)18-3)9-15-7-6-14(16)17/h4-5,8,10,15H,6-7,9H2,1-3H3,(H,16,17). The molecule has 0 heterocycles. The van der Waals surface area contributed by atoms with Gasteiger partial charge >= 0.3 is 5.97 Å². The van der Waals surface area contributed by atoms with Gasteiger partial charge in [-0.15, -0.1) is 0 Å². The van der Waals surface area contributed by atoms with Gasteiger partial charge in [-0.25, -0.2) is 0 Å². The molecule has 2 N–H and O–H groups in total. The van der Waals surface area contributed by atoms with Crippen molar-refractivity contribution in [3.63, 3.8) is 0 Å². The predicted octanol–water partition coefficient (Wildman–Crippen LogP) is 2.38. The van der Waals surface area contributed by atoms with E-state index in [1.165, 1.54) is 5.56 Å². The second-order valence-corrected chi connectivity index (χ2v) is 4.55. The summed E-state index contributed by atoms with van der Waals surface area (Å²) >= 11 is 0. The molecule has 1 aromatic rings. The van der Waals surface area contributed by atoms with Crippen LogP contribution in [0.1, 0.15) is 37.3 Å². The first kappa shape index (κ1) is 14.5. The number of carbonyl (C=O) groups is 1. The summed E-state index contributed by atoms with van der Waals surface area (Å²) in [5, 5.41) is 11.6. The van der Waals surface area contributed by atoms with Gasteiger partial charge in [0.1, 0.15) is 5.75 Å². The van der Waals surface area contributed by atoms with Crippen molar-refractivity contribution < 1.29 is 14.6 Å². The number of methoxy groups -OCH3 is 1. The average Bonchev–Trinajstić information content (AvgIpc) is 2.34. The maximum absolute atomic E-state index is 10.4. The summed E-state index contributed by atoms with van der Waals surface area (Å²) < 4.78 is 5.36. The number of hydrogen-bond acceptors (Lipinski definition) is 3. The molecule has 0 fully saturated rings. The van der Waals surface area contributed by atoms with Crippen LogP contribution in [0.3, 0.4) is 0 Å². The maximum atomic E-state index is 10.4. The van der Waals surface area contributed by atoms with E-state index in [4.69, 9.17) is 9.84 Å². The fourth-order valence-electron chi connectivity index (χ4n) is 1.68. The van der Waals surface area contributed by atoms with E-state index in [2.05, 4.69) is 25.2 Å². The van der Waals surface area contributed by atoms with E-state index in [-0.39, 0.29) is 6.42 Å². The lowest BCUT2D eigenvalue weighted by Crippen LogP contribution is -2.18. The second kappa shape index (κ2) is 7.01. The molecule has 4 nitrogen and oxygen atoms in total. The molecule has 100 valence electrons. The SMILES string of the molecule is COc1cc(C(C)C)ccc1CNCCC(=O)O. The van der Waals surface area contributed by atoms with E-state index < -0.39 is 5.97 Å². The summed E-state index contributed by atoms with van der Waals surface area (Å²) in [4.78, 5) is 10.4. The first-order valence-corrected chi connectivity index (χ1v) is 6.14. The molecule has 4 heteroatoms. The van der Waals surface area contributed by atoms with Gasteiger partial charge in [-0.05, 0) is 17.5 Å². The molecule has 0 unspecified atom stereocenters. The minimum absolute atomic E-state index is 0.131. The zero-order valence-corrected chi connectivity index (χ0v) is 11.2. The highest BCUT2D eigenvalue weighted by Crippen LogP contribution is 2.24. The second-order valence-electron chi connectivity index (χ2n) is 4.55. The van der Waals surface area contributed by atoms with Gasteiger partial charge in [0.2, 0.25) is 0 Å². The topological polar surface area (TPSA) is 58.6 Å². The van der Waals surface area contributed by atoms with Gasteiger partial charge in [-0.2, -0.15) is 0 Å². The number of rotatable bonds is 7. The molecule has 0 aliphatic rings. The van der Waals surface area contributed by atoms with Gasteiger partial charge < -0.3 is 15.2 Å². The third-order valence-electron chi connectivity index (χ3n) is 2.81. The van der Waals surface area contributed by atoms with Gasteiger partial charge in [-0.3, -0.25) is 4.79 Å². The third kappa shape index (κ3) is 4.37. The fourth-order valence-corrected chi connectivity index (χ4v) is 1.68. The van der Waals surface area contributed by atoms with Crippen molar-refractivity contribution >= 4 is 5.97 Å². The van der Waals surface area contributed by atoms with Crippen molar-refractivity contribution in [3.8, 4) is 5.75 Å². The molecular weight excluding hydrogens is 230 g/mol. The highest BCUT2D eigenvalue weighted by Gasteiger charge is 2.06. The lowest BCUT2D eigenvalue weighted by molar-refractivity contribution is -0.136. The van der Waals surface area contributed by atoms with Crippen molar-refractivity contribution in [1.29, 1.82) is 0 Å². The van der Waals surface area contributed by atoms with Gasteiger partial charge in [0, 0.05) is 18.7 Å². The van der Waals surface area contributed by atoms with E-state index in [0.29, 0.717) is 19.0 Å². The van der Waals surface area contributed by atoms with Crippen LogP contribution in [0.5, 0.6) is 5.75 Å². The Labute approximate surface area is 108 Å². The summed E-state index contributed by atoms with van der Waals surface area (Å²) in [5.41, 5.74) is 2.29. The minimum Gasteiger partial charge on any atom is -0.496 e. The van der Waals surface area contributed by atoms with E-state index in [1.54, 1.807) is 7.11 Å². The molecule has 1 rings (SSSR count). The number of benzene rings is 1. The Hall–Kier alpha value is -1.55. The Balaban J connectivity index is 2.62. The number of carboxylic acids is 1. The molecule has 0 saturated heterocycles. The monoisotopic (exact) mass is 251 g/mol. The Bertz CT molecular complexity index is 402. The third-order valence-corrected chi connectivity index (χ3v) is 2.81. The van der Waals surface area contributed by atoms with Crippen LogP contribution in [0, 0.1) is 0 Å². The number of nitrogens with one attached hydrogen (secondary N) is 1. The zero-order chi connectivity index (χ0) is 13.5. The highest BCUT2D eigenvalue weighted by atomic mass is 16.5. The predicted molar refractivity (Wildman–Crippen MR) is 71.0 cm³/mol. The molecular formula is C14H21NO3. The van der Waals surface area contributed by atoms with Crippen LogP contribution in [0.4, 0.5) is 0 Å². The first-order valence-electron chi connectivity index (χ1n) is 6.14. The van der Waals surface area contributed by atoms with E-state index in [1.807, 2.05) is 12.1 Å². The molecule has 0 bridgehead atoms. The molecule has 0 aromatic heterocycles. The van der Waals surface area contributed by atoms with Gasteiger partial charge in [0.25, 0.3) is 0 Å². The number of aliphatic carboxylic acids is 1. The maximum Gasteiger partial charge on any atom is 0.304 e. The van der Waals surface area contributed by atoms with Gasteiger partial charge in [0.15, 0.2) is 0 Å². The summed E-state index contributed by atoms with van der Waals surface area (Å²) in [6, 6.07) is 6.15. The van der Waals surface area contributed by atoms with Crippen molar-refractivity contribution in [3.05, 3.63) is 29.3 Å². The lowest BCUT2D eigenvalue weighted by atomic mass is 10.0. The van der Waals surface area contributed by atoms with Crippen molar-refractivity contribution in [1.82, 2.24) is 5.32 Å². The number of carboxylic acid groups (broad SMARTS) is 1. The minimum atomic E-state index is -0.787. The van der Waals surface area contributed by atoms with Crippen LogP contribution in [-0.2, 0) is 11.3 Å². The Kier molecular flexibility index (Phi) is 5.65. The lowest BCUT2D eigenvalue weighted by Gasteiger charge is -2.13. The molecule has 0 radical (unpaired) electrons. The Morgan fingerprint density at radius 2 is 2.17 bits per heavy atom. The number of ether oxygens (including phenoxy) is 1. The Morgan fingerprint density at radius 1 is 1.44 bits per heavy atom. The zero-order valence-electron chi connectivity index (χ0n) is 11.2. The molecule has 0 aliphatic carbocycles. The van der Waals surface area contributed by atoms with Crippen molar-refractivity contribution in [2.24, 2.45) is 0 Å². The number of hydrogen-bond donors (Lipinski definition) is 2. The van der Waals surface area contributed by atoms with Gasteiger partial charge in [0.05, 0.1) is 13.5 Å².